The van der Waals surface area contributed by atoms with Crippen LogP contribution in [0.5, 0.6) is 0 Å². The van der Waals surface area contributed by atoms with E-state index in [1.807, 2.05) is 19.2 Å². The quantitative estimate of drug-likeness (QED) is 0.833. The molecule has 1 aromatic carbocycles. The molecular weight excluding hydrogens is 302 g/mol. The number of likely N-dealkylation sites (N-methyl/N-ethyl adjacent to an activating group) is 1. The van der Waals surface area contributed by atoms with E-state index in [0.717, 1.165) is 37.7 Å². The Hall–Kier alpha value is -2.14. The molecule has 1 heterocycles. The molecule has 2 aliphatic rings. The Morgan fingerprint density at radius 1 is 1.12 bits per heavy atom. The van der Waals surface area contributed by atoms with Crippen LogP contribution in [-0.2, 0) is 9.59 Å². The molecule has 0 aromatic heterocycles. The lowest BCUT2D eigenvalue weighted by Gasteiger charge is -2.32. The van der Waals surface area contributed by atoms with Crippen LogP contribution in [-0.4, -0.2) is 61.4 Å². The number of piperazine rings is 1. The second-order valence-electron chi connectivity index (χ2n) is 6.68. The molecule has 24 heavy (non-hydrogen) atoms. The number of amides is 2. The van der Waals surface area contributed by atoms with E-state index in [1.54, 1.807) is 11.0 Å². The number of nitrogens with zero attached hydrogens (tertiary/aromatic N) is 2. The molecule has 0 atom stereocenters. The second-order valence-corrected chi connectivity index (χ2v) is 6.68. The number of benzene rings is 1. The summed E-state index contributed by atoms with van der Waals surface area (Å²) in [5, 5.41) is 2.67. The maximum Gasteiger partial charge on any atom is 0.244 e. The predicted molar refractivity (Wildman–Crippen MR) is 94.5 cm³/mol. The van der Waals surface area contributed by atoms with Gasteiger partial charge < -0.3 is 15.1 Å². The van der Waals surface area contributed by atoms with Gasteiger partial charge in [-0.25, -0.2) is 0 Å². The highest BCUT2D eigenvalue weighted by atomic mass is 16.2. The van der Waals surface area contributed by atoms with E-state index < -0.39 is 0 Å². The molecule has 5 heteroatoms. The van der Waals surface area contributed by atoms with Gasteiger partial charge in [0.25, 0.3) is 0 Å². The molecule has 3 rings (SSSR count). The molecule has 128 valence electrons. The van der Waals surface area contributed by atoms with Crippen molar-refractivity contribution < 1.29 is 9.59 Å². The average molecular weight is 327 g/mol. The highest BCUT2D eigenvalue weighted by Gasteiger charge is 2.22. The summed E-state index contributed by atoms with van der Waals surface area (Å²) in [7, 11) is 2.05. The first-order valence-electron chi connectivity index (χ1n) is 8.64. The number of rotatable bonds is 5. The van der Waals surface area contributed by atoms with E-state index in [-0.39, 0.29) is 18.4 Å². The van der Waals surface area contributed by atoms with Gasteiger partial charge >= 0.3 is 0 Å². The summed E-state index contributed by atoms with van der Waals surface area (Å²) in [5.41, 5.74) is 2.38. The normalized spacial score (nSPS) is 18.8. The van der Waals surface area contributed by atoms with Crippen molar-refractivity contribution in [2.24, 2.45) is 0 Å². The average Bonchev–Trinajstić information content (AvgIpc) is 3.44. The molecule has 5 nitrogen and oxygen atoms in total. The zero-order chi connectivity index (χ0) is 16.9. The van der Waals surface area contributed by atoms with Crippen LogP contribution >= 0.6 is 0 Å². The Bertz CT molecular complexity index is 612. The van der Waals surface area contributed by atoms with Gasteiger partial charge in [0.15, 0.2) is 0 Å². The zero-order valence-corrected chi connectivity index (χ0v) is 14.2. The van der Waals surface area contributed by atoms with E-state index in [2.05, 4.69) is 22.3 Å². The van der Waals surface area contributed by atoms with Gasteiger partial charge in [0.05, 0.1) is 6.54 Å². The molecule has 1 saturated heterocycles. The number of hydrogen-bond donors (Lipinski definition) is 1. The van der Waals surface area contributed by atoms with Gasteiger partial charge in [-0.1, -0.05) is 24.3 Å². The Labute approximate surface area is 143 Å². The van der Waals surface area contributed by atoms with E-state index >= 15 is 0 Å². The van der Waals surface area contributed by atoms with Crippen molar-refractivity contribution in [3.05, 3.63) is 41.5 Å². The van der Waals surface area contributed by atoms with E-state index in [4.69, 9.17) is 0 Å². The fraction of sp³-hybridized carbons (Fsp3) is 0.474. The monoisotopic (exact) mass is 327 g/mol. The number of carbonyl (C=O) groups excluding carboxylic acids is 2. The molecule has 1 saturated carbocycles. The van der Waals surface area contributed by atoms with Crippen molar-refractivity contribution >= 4 is 17.9 Å². The molecule has 0 radical (unpaired) electrons. The highest BCUT2D eigenvalue weighted by molar-refractivity contribution is 5.94. The summed E-state index contributed by atoms with van der Waals surface area (Å²) in [6, 6.07) is 8.33. The number of nitrogens with one attached hydrogen (secondary N) is 1. The fourth-order valence-electron chi connectivity index (χ4n) is 2.86. The predicted octanol–water partition coefficient (Wildman–Crippen LogP) is 1.47. The summed E-state index contributed by atoms with van der Waals surface area (Å²) >= 11 is 0. The maximum atomic E-state index is 12.1. The summed E-state index contributed by atoms with van der Waals surface area (Å²) in [6.07, 6.45) is 5.85. The van der Waals surface area contributed by atoms with Crippen LogP contribution in [0, 0.1) is 0 Å². The van der Waals surface area contributed by atoms with Crippen LogP contribution in [0.15, 0.2) is 30.3 Å². The van der Waals surface area contributed by atoms with Crippen molar-refractivity contribution in [2.45, 2.75) is 18.8 Å². The smallest absolute Gasteiger partial charge is 0.244 e. The molecule has 1 aromatic rings. The third kappa shape index (κ3) is 4.68. The zero-order valence-electron chi connectivity index (χ0n) is 14.2. The van der Waals surface area contributed by atoms with Crippen LogP contribution in [0.25, 0.3) is 6.08 Å². The largest absolute Gasteiger partial charge is 0.343 e. The van der Waals surface area contributed by atoms with Crippen molar-refractivity contribution in [3.8, 4) is 0 Å². The first-order valence-corrected chi connectivity index (χ1v) is 8.64. The van der Waals surface area contributed by atoms with Gasteiger partial charge in [-0.15, -0.1) is 0 Å². The molecule has 0 spiro atoms. The minimum Gasteiger partial charge on any atom is -0.343 e. The summed E-state index contributed by atoms with van der Waals surface area (Å²) in [4.78, 5) is 27.9. The number of carbonyl (C=O) groups is 2. The SMILES string of the molecule is CN1CCN(C(=O)CNC(=O)/C=C/c2ccc(C3CC3)cc2)CC1. The minimum absolute atomic E-state index is 0.0152. The Morgan fingerprint density at radius 3 is 2.42 bits per heavy atom. The molecule has 0 unspecified atom stereocenters. The highest BCUT2D eigenvalue weighted by Crippen LogP contribution is 2.39. The third-order valence-electron chi connectivity index (χ3n) is 4.68. The van der Waals surface area contributed by atoms with Crippen molar-refractivity contribution in [2.75, 3.05) is 39.8 Å². The van der Waals surface area contributed by atoms with Gasteiger partial charge in [-0.3, -0.25) is 9.59 Å². The lowest BCUT2D eigenvalue weighted by molar-refractivity contribution is -0.133. The van der Waals surface area contributed by atoms with Gasteiger partial charge in [-0.05, 0) is 43.0 Å². The van der Waals surface area contributed by atoms with E-state index in [1.165, 1.54) is 24.5 Å². The van der Waals surface area contributed by atoms with E-state index in [9.17, 15) is 9.59 Å². The Balaban J connectivity index is 1.42. The van der Waals surface area contributed by atoms with Crippen molar-refractivity contribution in [1.82, 2.24) is 15.1 Å². The van der Waals surface area contributed by atoms with Crippen molar-refractivity contribution in [3.63, 3.8) is 0 Å². The first kappa shape index (κ1) is 16.7. The molecule has 2 amide bonds. The van der Waals surface area contributed by atoms with Gasteiger partial charge in [-0.2, -0.15) is 0 Å². The van der Waals surface area contributed by atoms with E-state index in [0.29, 0.717) is 0 Å². The number of hydrogen-bond acceptors (Lipinski definition) is 3. The third-order valence-corrected chi connectivity index (χ3v) is 4.68. The Morgan fingerprint density at radius 2 is 1.79 bits per heavy atom. The van der Waals surface area contributed by atoms with Gasteiger partial charge in [0, 0.05) is 32.3 Å². The molecule has 1 N–H and O–H groups in total. The second kappa shape index (κ2) is 7.62. The molecule has 1 aliphatic heterocycles. The molecular formula is C19H25N3O2. The summed E-state index contributed by atoms with van der Waals surface area (Å²) in [6.45, 7) is 3.29. The van der Waals surface area contributed by atoms with Crippen LogP contribution in [0.1, 0.15) is 29.9 Å². The maximum absolute atomic E-state index is 12.1. The molecule has 1 aliphatic carbocycles. The molecule has 2 fully saturated rings. The lowest BCUT2D eigenvalue weighted by Crippen LogP contribution is -2.49. The standard InChI is InChI=1S/C19H25N3O2/c1-21-10-12-22(13-11-21)19(24)14-20-18(23)9-4-15-2-5-16(6-3-15)17-7-8-17/h2-6,9,17H,7-8,10-14H2,1H3,(H,20,23)/b9-4+. The minimum atomic E-state index is -0.233. The molecule has 0 bridgehead atoms. The van der Waals surface area contributed by atoms with Crippen LogP contribution in [0.3, 0.4) is 0 Å². The van der Waals surface area contributed by atoms with Crippen LogP contribution in [0.4, 0.5) is 0 Å². The Kier molecular flexibility index (Phi) is 5.30. The summed E-state index contributed by atoms with van der Waals surface area (Å²) in [5.74, 6) is 0.495. The first-order chi connectivity index (χ1) is 11.6. The van der Waals surface area contributed by atoms with Crippen molar-refractivity contribution in [1.29, 1.82) is 0 Å². The summed E-state index contributed by atoms with van der Waals surface area (Å²) < 4.78 is 0. The van der Waals surface area contributed by atoms with Crippen LogP contribution in [0.2, 0.25) is 0 Å². The van der Waals surface area contributed by atoms with Gasteiger partial charge in [0.1, 0.15) is 0 Å². The van der Waals surface area contributed by atoms with Gasteiger partial charge in [0.2, 0.25) is 11.8 Å². The fourth-order valence-corrected chi connectivity index (χ4v) is 2.86. The lowest BCUT2D eigenvalue weighted by atomic mass is 10.1. The van der Waals surface area contributed by atoms with Crippen LogP contribution < -0.4 is 5.32 Å². The topological polar surface area (TPSA) is 52.6 Å².